The van der Waals surface area contributed by atoms with Gasteiger partial charge in [-0.3, -0.25) is 9.69 Å². The molecule has 0 aromatic heterocycles. The van der Waals surface area contributed by atoms with Gasteiger partial charge in [0.1, 0.15) is 6.61 Å². The Morgan fingerprint density at radius 1 is 1.65 bits per heavy atom. The summed E-state index contributed by atoms with van der Waals surface area (Å²) in [6, 6.07) is -0.0675. The fourth-order valence-corrected chi connectivity index (χ4v) is 2.66. The smallest absolute Gasteiger partial charge is 0.410 e. The summed E-state index contributed by atoms with van der Waals surface area (Å²) in [5.41, 5.74) is 0. The van der Waals surface area contributed by atoms with Crippen LogP contribution in [0.25, 0.3) is 0 Å². The van der Waals surface area contributed by atoms with Crippen molar-refractivity contribution in [1.82, 2.24) is 4.90 Å². The average Bonchev–Trinajstić information content (AvgIpc) is 2.71. The van der Waals surface area contributed by atoms with Crippen molar-refractivity contribution < 1.29 is 19.1 Å². The van der Waals surface area contributed by atoms with Crippen molar-refractivity contribution in [2.24, 2.45) is 5.92 Å². The number of esters is 1. The number of amides is 1. The second kappa shape index (κ2) is 4.77. The topological polar surface area (TPSA) is 55.8 Å². The third kappa shape index (κ3) is 2.14. The molecule has 0 saturated carbocycles. The van der Waals surface area contributed by atoms with Gasteiger partial charge >= 0.3 is 12.1 Å². The molecule has 3 atom stereocenters. The Morgan fingerprint density at radius 2 is 2.41 bits per heavy atom. The van der Waals surface area contributed by atoms with Gasteiger partial charge in [-0.15, -0.1) is 6.58 Å². The van der Waals surface area contributed by atoms with Gasteiger partial charge in [-0.05, 0) is 18.8 Å². The lowest BCUT2D eigenvalue weighted by Gasteiger charge is -2.39. The molecular formula is C12H17NO4. The van der Waals surface area contributed by atoms with Gasteiger partial charge in [-0.2, -0.15) is 0 Å². The van der Waals surface area contributed by atoms with Crippen molar-refractivity contribution in [2.45, 2.75) is 31.3 Å². The molecule has 5 heteroatoms. The molecular weight excluding hydrogens is 222 g/mol. The Morgan fingerprint density at radius 3 is 3.06 bits per heavy atom. The maximum atomic E-state index is 11.7. The lowest BCUT2D eigenvalue weighted by molar-refractivity contribution is -0.142. The number of methoxy groups -OCH3 is 1. The summed E-state index contributed by atoms with van der Waals surface area (Å²) in [5.74, 6) is -0.168. The molecule has 0 aromatic carbocycles. The van der Waals surface area contributed by atoms with Gasteiger partial charge in [0.2, 0.25) is 0 Å². The van der Waals surface area contributed by atoms with E-state index in [0.717, 1.165) is 12.8 Å². The summed E-state index contributed by atoms with van der Waals surface area (Å²) in [5, 5.41) is 0. The first kappa shape index (κ1) is 12.0. The minimum atomic E-state index is -0.324. The zero-order valence-corrected chi connectivity index (χ0v) is 9.93. The number of hydrogen-bond donors (Lipinski definition) is 0. The van der Waals surface area contributed by atoms with E-state index in [9.17, 15) is 9.59 Å². The molecule has 2 aliphatic rings. The van der Waals surface area contributed by atoms with Crippen LogP contribution in [0.1, 0.15) is 19.3 Å². The van der Waals surface area contributed by atoms with Crippen LogP contribution in [0.2, 0.25) is 0 Å². The number of fused-ring (bicyclic) bond motifs is 1. The predicted molar refractivity (Wildman–Crippen MR) is 60.3 cm³/mol. The van der Waals surface area contributed by atoms with Crippen LogP contribution in [0, 0.1) is 5.92 Å². The first-order valence-electron chi connectivity index (χ1n) is 5.81. The fraction of sp³-hybridized carbons (Fsp3) is 0.667. The summed E-state index contributed by atoms with van der Waals surface area (Å²) in [7, 11) is 1.36. The summed E-state index contributed by atoms with van der Waals surface area (Å²) < 4.78 is 9.72. The molecule has 1 amide bonds. The number of carbonyl (C=O) groups excluding carboxylic acids is 2. The Hall–Kier alpha value is -1.52. The molecule has 0 aromatic rings. The molecule has 5 nitrogen and oxygen atoms in total. The highest BCUT2D eigenvalue weighted by Crippen LogP contribution is 2.34. The van der Waals surface area contributed by atoms with Crippen molar-refractivity contribution in [1.29, 1.82) is 0 Å². The van der Waals surface area contributed by atoms with Gasteiger partial charge in [0.05, 0.1) is 25.6 Å². The molecule has 17 heavy (non-hydrogen) atoms. The van der Waals surface area contributed by atoms with Gasteiger partial charge in [0.15, 0.2) is 0 Å². The van der Waals surface area contributed by atoms with Crippen LogP contribution >= 0.6 is 0 Å². The van der Waals surface area contributed by atoms with Gasteiger partial charge in [-0.1, -0.05) is 6.08 Å². The standard InChI is InChI=1S/C12H17NO4/c1-3-8-4-5-9-7-17-12(15)13(9)10(8)6-11(14)16-2/h3,8-10H,1,4-7H2,2H3/t8-,9+,10+/m1/s1. The maximum absolute atomic E-state index is 11.7. The monoisotopic (exact) mass is 239 g/mol. The number of piperidine rings is 1. The van der Waals surface area contributed by atoms with Gasteiger partial charge in [0, 0.05) is 0 Å². The third-order valence-corrected chi connectivity index (χ3v) is 3.59. The van der Waals surface area contributed by atoms with E-state index in [-0.39, 0.29) is 36.5 Å². The lowest BCUT2D eigenvalue weighted by Crippen LogP contribution is -2.50. The molecule has 0 spiro atoms. The van der Waals surface area contributed by atoms with E-state index in [2.05, 4.69) is 11.3 Å². The van der Waals surface area contributed by atoms with Crippen LogP contribution in [0.5, 0.6) is 0 Å². The Labute approximate surface area is 100 Å². The number of cyclic esters (lactones) is 1. The maximum Gasteiger partial charge on any atom is 0.410 e. The van der Waals surface area contributed by atoms with Crippen LogP contribution in [-0.2, 0) is 14.3 Å². The predicted octanol–water partition coefficient (Wildman–Crippen LogP) is 1.33. The lowest BCUT2D eigenvalue weighted by atomic mass is 9.84. The van der Waals surface area contributed by atoms with E-state index in [1.54, 1.807) is 4.90 Å². The number of hydrogen-bond acceptors (Lipinski definition) is 4. The Bertz CT molecular complexity index is 341. The molecule has 2 saturated heterocycles. The van der Waals surface area contributed by atoms with Crippen LogP contribution in [0.15, 0.2) is 12.7 Å². The van der Waals surface area contributed by atoms with Gasteiger partial charge < -0.3 is 9.47 Å². The van der Waals surface area contributed by atoms with E-state index < -0.39 is 0 Å². The minimum absolute atomic E-state index is 0.105. The molecule has 0 bridgehead atoms. The van der Waals surface area contributed by atoms with E-state index in [1.165, 1.54) is 7.11 Å². The quantitative estimate of drug-likeness (QED) is 0.551. The van der Waals surface area contributed by atoms with Crippen molar-refractivity contribution >= 4 is 12.1 Å². The molecule has 94 valence electrons. The summed E-state index contributed by atoms with van der Waals surface area (Å²) in [6.45, 7) is 4.21. The fourth-order valence-electron chi connectivity index (χ4n) is 2.66. The zero-order valence-electron chi connectivity index (χ0n) is 9.93. The van der Waals surface area contributed by atoms with Crippen LogP contribution < -0.4 is 0 Å². The van der Waals surface area contributed by atoms with Crippen LogP contribution in [-0.4, -0.2) is 42.8 Å². The highest BCUT2D eigenvalue weighted by molar-refractivity contribution is 5.74. The number of ether oxygens (including phenoxy) is 2. The van der Waals surface area contributed by atoms with Gasteiger partial charge in [-0.25, -0.2) is 4.79 Å². The third-order valence-electron chi connectivity index (χ3n) is 3.59. The first-order valence-corrected chi connectivity index (χ1v) is 5.81. The van der Waals surface area contributed by atoms with Crippen molar-refractivity contribution in [3.8, 4) is 0 Å². The highest BCUT2D eigenvalue weighted by Gasteiger charge is 2.44. The van der Waals surface area contributed by atoms with Crippen LogP contribution in [0.4, 0.5) is 4.79 Å². The molecule has 2 heterocycles. The summed E-state index contributed by atoms with van der Waals surface area (Å²) in [4.78, 5) is 24.8. The normalized spacial score (nSPS) is 31.7. The summed E-state index contributed by atoms with van der Waals surface area (Å²) >= 11 is 0. The molecule has 0 unspecified atom stereocenters. The SMILES string of the molecule is C=C[C@@H]1CC[C@H]2COC(=O)N2[C@H]1CC(=O)OC. The molecule has 0 radical (unpaired) electrons. The first-order chi connectivity index (χ1) is 8.17. The highest BCUT2D eigenvalue weighted by atomic mass is 16.6. The summed E-state index contributed by atoms with van der Waals surface area (Å²) in [6.07, 6.45) is 3.53. The van der Waals surface area contributed by atoms with Gasteiger partial charge in [0.25, 0.3) is 0 Å². The Balaban J connectivity index is 2.17. The van der Waals surface area contributed by atoms with Crippen molar-refractivity contribution in [3.63, 3.8) is 0 Å². The number of rotatable bonds is 3. The Kier molecular flexibility index (Phi) is 3.36. The molecule has 2 fully saturated rings. The van der Waals surface area contributed by atoms with Crippen LogP contribution in [0.3, 0.4) is 0 Å². The van der Waals surface area contributed by atoms with E-state index in [1.807, 2.05) is 6.08 Å². The zero-order chi connectivity index (χ0) is 12.4. The molecule has 0 N–H and O–H groups in total. The largest absolute Gasteiger partial charge is 0.469 e. The minimum Gasteiger partial charge on any atom is -0.469 e. The molecule has 2 rings (SSSR count). The van der Waals surface area contributed by atoms with Crippen molar-refractivity contribution in [3.05, 3.63) is 12.7 Å². The molecule has 0 aliphatic carbocycles. The average molecular weight is 239 g/mol. The number of nitrogens with zero attached hydrogens (tertiary/aromatic N) is 1. The van der Waals surface area contributed by atoms with E-state index in [0.29, 0.717) is 6.61 Å². The van der Waals surface area contributed by atoms with Crippen molar-refractivity contribution in [2.75, 3.05) is 13.7 Å². The second-order valence-electron chi connectivity index (χ2n) is 4.46. The van der Waals surface area contributed by atoms with E-state index >= 15 is 0 Å². The molecule has 2 aliphatic heterocycles. The second-order valence-corrected chi connectivity index (χ2v) is 4.46. The number of carbonyl (C=O) groups is 2. The van der Waals surface area contributed by atoms with E-state index in [4.69, 9.17) is 4.74 Å².